The van der Waals surface area contributed by atoms with E-state index in [0.29, 0.717) is 46.7 Å². The van der Waals surface area contributed by atoms with Crippen LogP contribution < -0.4 is 19.9 Å². The number of hydrogen-bond acceptors (Lipinski definition) is 10. The number of ether oxygens (including phenoxy) is 2. The van der Waals surface area contributed by atoms with Crippen LogP contribution in [0.5, 0.6) is 11.5 Å². The molecule has 0 amide bonds. The fourth-order valence-electron chi connectivity index (χ4n) is 3.55. The number of imidazole rings is 1. The van der Waals surface area contributed by atoms with Crippen molar-refractivity contribution >= 4 is 40.1 Å². The minimum absolute atomic E-state index is 0.178. The van der Waals surface area contributed by atoms with Crippen molar-refractivity contribution in [2.45, 2.75) is 48.5 Å². The quantitative estimate of drug-likeness (QED) is 0.236. The van der Waals surface area contributed by atoms with Gasteiger partial charge in [0.2, 0.25) is 6.79 Å². The van der Waals surface area contributed by atoms with Crippen molar-refractivity contribution in [1.29, 1.82) is 0 Å². The zero-order valence-electron chi connectivity index (χ0n) is 19.6. The van der Waals surface area contributed by atoms with Gasteiger partial charge in [-0.2, -0.15) is 5.10 Å². The van der Waals surface area contributed by atoms with E-state index >= 15 is 0 Å². The molecule has 5 rings (SSSR count). The number of fused-ring (bicyclic) bond motifs is 2. The summed E-state index contributed by atoms with van der Waals surface area (Å²) >= 11 is 0.332. The number of aromatic amines is 1. The van der Waals surface area contributed by atoms with E-state index in [1.165, 1.54) is 18.1 Å². The molecule has 35 heavy (non-hydrogen) atoms. The number of aryl methyl sites for hydroxylation is 1. The summed E-state index contributed by atoms with van der Waals surface area (Å²) in [5, 5.41) is 7.92. The number of nitrogens with zero attached hydrogens (tertiary/aromatic N) is 5. The summed E-state index contributed by atoms with van der Waals surface area (Å²) in [7, 11) is 0. The molecule has 0 spiro atoms. The monoisotopic (exact) mass is 514 g/mol. The first kappa shape index (κ1) is 23.7. The van der Waals surface area contributed by atoms with Gasteiger partial charge in [-0.1, -0.05) is 11.8 Å². The van der Waals surface area contributed by atoms with Crippen LogP contribution >= 0.6 is 11.8 Å². The Morgan fingerprint density at radius 1 is 1.26 bits per heavy atom. The standard InChI is InChI=1S/C22H26N8O3S2/c1-22(2,3)35(31)27-6-4-8-30-20-18(19(23)24-11-25-20)28-21(30)34-17-10-16-15(32-12-33-16)9-13(17)14-5-7-26-29-14/h5,7,9-11,27H,4,6,8,12H2,1-3H3,(H,26,29)(H2,23,24,25). The Morgan fingerprint density at radius 2 is 2.06 bits per heavy atom. The molecule has 1 aromatic carbocycles. The van der Waals surface area contributed by atoms with Gasteiger partial charge in [-0.15, -0.1) is 4.72 Å². The average Bonchev–Trinajstić information content (AvgIpc) is 3.56. The lowest BCUT2D eigenvalue weighted by atomic mass is 10.1. The molecule has 0 radical (unpaired) electrons. The van der Waals surface area contributed by atoms with E-state index in [1.807, 2.05) is 43.5 Å². The van der Waals surface area contributed by atoms with Crippen LogP contribution in [-0.4, -0.2) is 52.4 Å². The van der Waals surface area contributed by atoms with Crippen LogP contribution in [0, 0.1) is 0 Å². The Bertz CT molecular complexity index is 1340. The molecule has 0 bridgehead atoms. The first-order valence-corrected chi connectivity index (χ1v) is 13.0. The van der Waals surface area contributed by atoms with Crippen molar-refractivity contribution in [1.82, 2.24) is 34.4 Å². The SMILES string of the molecule is CC(C)(C)[S+]([O-])NCCCn1c(Sc2cc3c(cc2-c2cc[nH]n2)OCO3)nc2c(N)ncnc21. The lowest BCUT2D eigenvalue weighted by Gasteiger charge is -2.23. The molecule has 184 valence electrons. The number of H-pyrrole nitrogens is 1. The lowest BCUT2D eigenvalue weighted by molar-refractivity contribution is 0.174. The molecule has 13 heteroatoms. The molecular formula is C22H26N8O3S2. The zero-order valence-corrected chi connectivity index (χ0v) is 21.2. The predicted octanol–water partition coefficient (Wildman–Crippen LogP) is 3.12. The fourth-order valence-corrected chi connectivity index (χ4v) is 5.37. The second-order valence-corrected chi connectivity index (χ2v) is 11.9. The van der Waals surface area contributed by atoms with Crippen molar-refractivity contribution in [3.05, 3.63) is 30.7 Å². The summed E-state index contributed by atoms with van der Waals surface area (Å²) in [6.45, 7) is 7.18. The Hall–Kier alpha value is -3.00. The molecule has 0 saturated heterocycles. The highest BCUT2D eigenvalue weighted by Gasteiger charge is 2.26. The number of anilines is 1. The highest BCUT2D eigenvalue weighted by molar-refractivity contribution is 7.99. The minimum Gasteiger partial charge on any atom is -0.598 e. The molecule has 4 heterocycles. The predicted molar refractivity (Wildman–Crippen MR) is 135 cm³/mol. The molecule has 0 saturated carbocycles. The molecule has 11 nitrogen and oxygen atoms in total. The van der Waals surface area contributed by atoms with Crippen molar-refractivity contribution < 1.29 is 14.0 Å². The molecule has 3 aromatic heterocycles. The van der Waals surface area contributed by atoms with Gasteiger partial charge >= 0.3 is 0 Å². The van der Waals surface area contributed by atoms with Crippen LogP contribution in [0.1, 0.15) is 27.2 Å². The molecule has 0 fully saturated rings. The number of aromatic nitrogens is 6. The van der Waals surface area contributed by atoms with Gasteiger partial charge in [-0.05, 0) is 45.4 Å². The number of benzene rings is 1. The second-order valence-electron chi connectivity index (χ2n) is 8.87. The van der Waals surface area contributed by atoms with E-state index in [4.69, 9.17) is 20.2 Å². The summed E-state index contributed by atoms with van der Waals surface area (Å²) in [6.07, 6.45) is 3.93. The van der Waals surface area contributed by atoms with Crippen molar-refractivity contribution in [3.63, 3.8) is 0 Å². The maximum atomic E-state index is 12.3. The molecule has 1 aliphatic heterocycles. The van der Waals surface area contributed by atoms with Gasteiger partial charge in [-0.25, -0.2) is 15.0 Å². The van der Waals surface area contributed by atoms with Gasteiger partial charge in [0.05, 0.1) is 5.69 Å². The summed E-state index contributed by atoms with van der Waals surface area (Å²) < 4.78 is 28.3. The Balaban J connectivity index is 1.47. The number of nitrogen functional groups attached to an aromatic ring is 1. The number of hydrogen-bond donors (Lipinski definition) is 3. The van der Waals surface area contributed by atoms with Crippen LogP contribution in [0.15, 0.2) is 40.8 Å². The van der Waals surface area contributed by atoms with Crippen LogP contribution in [0.4, 0.5) is 5.82 Å². The molecule has 1 aliphatic rings. The topological polar surface area (TPSA) is 152 Å². The fraction of sp³-hybridized carbons (Fsp3) is 0.364. The largest absolute Gasteiger partial charge is 0.598 e. The van der Waals surface area contributed by atoms with Crippen LogP contribution in [0.3, 0.4) is 0 Å². The first-order valence-electron chi connectivity index (χ1n) is 11.0. The van der Waals surface area contributed by atoms with E-state index in [1.54, 1.807) is 6.20 Å². The second kappa shape index (κ2) is 9.57. The molecular weight excluding hydrogens is 488 g/mol. The third-order valence-corrected chi connectivity index (χ3v) is 7.96. The van der Waals surface area contributed by atoms with Crippen LogP contribution in [0.2, 0.25) is 0 Å². The molecule has 1 unspecified atom stereocenters. The van der Waals surface area contributed by atoms with Gasteiger partial charge < -0.3 is 24.3 Å². The van der Waals surface area contributed by atoms with Gasteiger partial charge in [-0.3, -0.25) is 5.10 Å². The normalized spacial score (nSPS) is 14.1. The summed E-state index contributed by atoms with van der Waals surface area (Å²) in [5.74, 6) is 1.66. The average molecular weight is 515 g/mol. The number of nitrogens with two attached hydrogens (primary N) is 1. The van der Waals surface area contributed by atoms with Crippen LogP contribution in [-0.2, 0) is 17.9 Å². The van der Waals surface area contributed by atoms with E-state index in [0.717, 1.165) is 22.6 Å². The Kier molecular flexibility index (Phi) is 6.49. The third kappa shape index (κ3) is 4.89. The zero-order chi connectivity index (χ0) is 24.6. The first-order chi connectivity index (χ1) is 16.8. The van der Waals surface area contributed by atoms with Gasteiger partial charge in [0, 0.05) is 41.1 Å². The Morgan fingerprint density at radius 3 is 2.80 bits per heavy atom. The smallest absolute Gasteiger partial charge is 0.231 e. The summed E-state index contributed by atoms with van der Waals surface area (Å²) in [4.78, 5) is 14.2. The van der Waals surface area contributed by atoms with E-state index in [2.05, 4.69) is 24.9 Å². The Labute approximate surface area is 209 Å². The highest BCUT2D eigenvalue weighted by atomic mass is 32.2. The van der Waals surface area contributed by atoms with E-state index in [-0.39, 0.29) is 11.5 Å². The maximum Gasteiger partial charge on any atom is 0.231 e. The molecule has 4 aromatic rings. The van der Waals surface area contributed by atoms with Crippen molar-refractivity contribution in [3.8, 4) is 22.8 Å². The number of nitrogens with one attached hydrogen (secondary N) is 2. The molecule has 0 aliphatic carbocycles. The minimum atomic E-state index is -1.14. The highest BCUT2D eigenvalue weighted by Crippen LogP contribution is 2.44. The third-order valence-electron chi connectivity index (χ3n) is 5.33. The maximum absolute atomic E-state index is 12.3. The summed E-state index contributed by atoms with van der Waals surface area (Å²) in [5.41, 5.74) is 8.98. The van der Waals surface area contributed by atoms with Crippen LogP contribution in [0.25, 0.3) is 22.4 Å². The lowest BCUT2D eigenvalue weighted by Crippen LogP contribution is -2.39. The van der Waals surface area contributed by atoms with Crippen molar-refractivity contribution in [2.75, 3.05) is 19.1 Å². The molecule has 1 atom stereocenters. The van der Waals surface area contributed by atoms with E-state index < -0.39 is 11.4 Å². The van der Waals surface area contributed by atoms with Gasteiger partial charge in [0.15, 0.2) is 33.6 Å². The summed E-state index contributed by atoms with van der Waals surface area (Å²) in [6, 6.07) is 5.76. The van der Waals surface area contributed by atoms with Gasteiger partial charge in [0.25, 0.3) is 0 Å². The van der Waals surface area contributed by atoms with E-state index in [9.17, 15) is 4.55 Å². The number of rotatable bonds is 8. The molecule has 4 N–H and O–H groups in total. The van der Waals surface area contributed by atoms with Crippen molar-refractivity contribution in [2.24, 2.45) is 0 Å². The van der Waals surface area contributed by atoms with Gasteiger partial charge in [0.1, 0.15) is 11.1 Å².